The van der Waals surface area contributed by atoms with Gasteiger partial charge in [-0.25, -0.2) is 4.98 Å². The molecule has 3 aliphatic rings. The number of anilines is 1. The zero-order chi connectivity index (χ0) is 20.1. The van der Waals surface area contributed by atoms with E-state index in [1.165, 1.54) is 38.5 Å². The molecule has 1 saturated carbocycles. The van der Waals surface area contributed by atoms with Crippen LogP contribution in [-0.4, -0.2) is 58.8 Å². The highest BCUT2D eigenvalue weighted by Crippen LogP contribution is 2.23. The van der Waals surface area contributed by atoms with Gasteiger partial charge in [0.05, 0.1) is 5.56 Å². The predicted molar refractivity (Wildman–Crippen MR) is 114 cm³/mol. The summed E-state index contributed by atoms with van der Waals surface area (Å²) in [6, 6.07) is 4.36. The summed E-state index contributed by atoms with van der Waals surface area (Å²) in [5.41, 5.74) is 0.671. The molecule has 2 amide bonds. The number of aromatic nitrogens is 1. The average molecular weight is 399 g/mol. The minimum Gasteiger partial charge on any atom is -0.367 e. The smallest absolute Gasteiger partial charge is 0.255 e. The Labute approximate surface area is 174 Å². The molecule has 2 saturated heterocycles. The van der Waals surface area contributed by atoms with Gasteiger partial charge in [-0.1, -0.05) is 25.7 Å². The fourth-order valence-electron chi connectivity index (χ4n) is 4.95. The average Bonchev–Trinajstić information content (AvgIpc) is 2.98. The summed E-state index contributed by atoms with van der Waals surface area (Å²) < 4.78 is 0. The minimum atomic E-state index is 0.0780. The van der Waals surface area contributed by atoms with Crippen molar-refractivity contribution >= 4 is 17.6 Å². The van der Waals surface area contributed by atoms with E-state index in [0.717, 1.165) is 51.3 Å². The van der Waals surface area contributed by atoms with E-state index in [0.29, 0.717) is 29.9 Å². The third-order valence-electron chi connectivity index (χ3n) is 6.77. The fourth-order valence-corrected chi connectivity index (χ4v) is 4.95. The van der Waals surface area contributed by atoms with E-state index in [4.69, 9.17) is 0 Å². The topological polar surface area (TPSA) is 65.5 Å². The third kappa shape index (κ3) is 5.28. The molecule has 1 aromatic heterocycles. The second-order valence-electron chi connectivity index (χ2n) is 8.94. The number of carbonyl (C=O) groups excluding carboxylic acids is 2. The molecule has 0 atom stereocenters. The number of nitrogens with zero attached hydrogens (tertiary/aromatic N) is 3. The number of hydrogen-bond donors (Lipinski definition) is 1. The Morgan fingerprint density at radius 2 is 1.76 bits per heavy atom. The van der Waals surface area contributed by atoms with E-state index in [1.807, 2.05) is 21.9 Å². The Balaban J connectivity index is 1.25. The van der Waals surface area contributed by atoms with Crippen LogP contribution in [0.25, 0.3) is 0 Å². The van der Waals surface area contributed by atoms with Crippen molar-refractivity contribution < 1.29 is 9.59 Å². The van der Waals surface area contributed by atoms with Crippen LogP contribution in [0.15, 0.2) is 18.3 Å². The molecular weight excluding hydrogens is 364 g/mol. The van der Waals surface area contributed by atoms with Crippen molar-refractivity contribution in [2.24, 2.45) is 5.92 Å². The molecule has 1 aromatic rings. The van der Waals surface area contributed by atoms with Gasteiger partial charge in [-0.15, -0.1) is 0 Å². The zero-order valence-electron chi connectivity index (χ0n) is 17.4. The monoisotopic (exact) mass is 398 g/mol. The van der Waals surface area contributed by atoms with Crippen molar-refractivity contribution in [1.82, 2.24) is 14.8 Å². The van der Waals surface area contributed by atoms with Crippen molar-refractivity contribution in [1.29, 1.82) is 0 Å². The van der Waals surface area contributed by atoms with Crippen molar-refractivity contribution in [2.45, 2.75) is 70.3 Å². The lowest BCUT2D eigenvalue weighted by Gasteiger charge is -2.34. The lowest BCUT2D eigenvalue weighted by Crippen LogP contribution is -2.41. The quantitative estimate of drug-likeness (QED) is 0.768. The molecule has 0 spiro atoms. The van der Waals surface area contributed by atoms with Crippen LogP contribution in [0.3, 0.4) is 0 Å². The highest BCUT2D eigenvalue weighted by atomic mass is 16.2. The first kappa shape index (κ1) is 20.2. The normalized spacial score (nSPS) is 22.0. The molecule has 0 aromatic carbocycles. The maximum atomic E-state index is 12.9. The number of amides is 2. The first-order valence-corrected chi connectivity index (χ1v) is 11.5. The molecule has 3 fully saturated rings. The van der Waals surface area contributed by atoms with Crippen LogP contribution in [-0.2, 0) is 4.79 Å². The van der Waals surface area contributed by atoms with Gasteiger partial charge >= 0.3 is 0 Å². The van der Waals surface area contributed by atoms with Gasteiger partial charge in [0, 0.05) is 44.8 Å². The van der Waals surface area contributed by atoms with Gasteiger partial charge in [0.25, 0.3) is 5.91 Å². The van der Waals surface area contributed by atoms with Crippen molar-refractivity contribution in [3.8, 4) is 0 Å². The number of carbonyl (C=O) groups is 2. The van der Waals surface area contributed by atoms with E-state index < -0.39 is 0 Å². The second kappa shape index (κ2) is 9.59. The zero-order valence-corrected chi connectivity index (χ0v) is 17.4. The van der Waals surface area contributed by atoms with Crippen LogP contribution in [0.2, 0.25) is 0 Å². The van der Waals surface area contributed by atoms with E-state index in [1.54, 1.807) is 6.20 Å². The highest BCUT2D eigenvalue weighted by molar-refractivity contribution is 5.94. The lowest BCUT2D eigenvalue weighted by molar-refractivity contribution is -0.128. The summed E-state index contributed by atoms with van der Waals surface area (Å²) in [7, 11) is 0. The van der Waals surface area contributed by atoms with Crippen LogP contribution >= 0.6 is 0 Å². The standard InChI is InChI=1S/C23H34N4O2/c28-22-8-5-13-27(22)17-18-11-14-26(15-12-18)23(29)19-9-10-21(24-16-19)25-20-6-3-1-2-4-7-20/h9-10,16,18,20H,1-8,11-15,17H2,(H,24,25). The molecule has 4 rings (SSSR count). The fraction of sp³-hybridized carbons (Fsp3) is 0.696. The Bertz CT molecular complexity index is 689. The van der Waals surface area contributed by atoms with Crippen molar-refractivity contribution in [3.63, 3.8) is 0 Å². The van der Waals surface area contributed by atoms with E-state index in [2.05, 4.69) is 10.3 Å². The van der Waals surface area contributed by atoms with Crippen LogP contribution in [0.5, 0.6) is 0 Å². The number of rotatable bonds is 5. The molecule has 0 radical (unpaired) electrons. The van der Waals surface area contributed by atoms with Gasteiger partial charge < -0.3 is 15.1 Å². The lowest BCUT2D eigenvalue weighted by atomic mass is 9.96. The Morgan fingerprint density at radius 3 is 2.38 bits per heavy atom. The van der Waals surface area contributed by atoms with Gasteiger partial charge in [0.2, 0.25) is 5.91 Å². The van der Waals surface area contributed by atoms with Gasteiger partial charge in [0.15, 0.2) is 0 Å². The van der Waals surface area contributed by atoms with Gasteiger partial charge in [0.1, 0.15) is 5.82 Å². The van der Waals surface area contributed by atoms with Crippen LogP contribution in [0, 0.1) is 5.92 Å². The largest absolute Gasteiger partial charge is 0.367 e. The first-order valence-electron chi connectivity index (χ1n) is 11.5. The van der Waals surface area contributed by atoms with Crippen LogP contribution < -0.4 is 5.32 Å². The molecule has 6 heteroatoms. The SMILES string of the molecule is O=C1CCCN1CC1CCN(C(=O)c2ccc(NC3CCCCCC3)nc2)CC1. The molecule has 0 unspecified atom stereocenters. The number of hydrogen-bond acceptors (Lipinski definition) is 4. The Hall–Kier alpha value is -2.11. The molecule has 29 heavy (non-hydrogen) atoms. The van der Waals surface area contributed by atoms with Gasteiger partial charge in [-0.2, -0.15) is 0 Å². The Morgan fingerprint density at radius 1 is 1.00 bits per heavy atom. The number of nitrogens with one attached hydrogen (secondary N) is 1. The van der Waals surface area contributed by atoms with E-state index in [-0.39, 0.29) is 5.91 Å². The second-order valence-corrected chi connectivity index (χ2v) is 8.94. The summed E-state index contributed by atoms with van der Waals surface area (Å²) in [6.45, 7) is 3.32. The van der Waals surface area contributed by atoms with Crippen LogP contribution in [0.4, 0.5) is 5.82 Å². The number of likely N-dealkylation sites (tertiary alicyclic amines) is 2. The molecule has 1 N–H and O–H groups in total. The van der Waals surface area contributed by atoms with Crippen molar-refractivity contribution in [2.75, 3.05) is 31.5 Å². The van der Waals surface area contributed by atoms with Gasteiger partial charge in [-0.3, -0.25) is 9.59 Å². The summed E-state index contributed by atoms with van der Waals surface area (Å²) in [5, 5.41) is 3.54. The maximum absolute atomic E-state index is 12.9. The van der Waals surface area contributed by atoms with E-state index in [9.17, 15) is 9.59 Å². The van der Waals surface area contributed by atoms with Crippen molar-refractivity contribution in [3.05, 3.63) is 23.9 Å². The number of piperidine rings is 1. The highest BCUT2D eigenvalue weighted by Gasteiger charge is 2.28. The molecule has 2 aliphatic heterocycles. The molecule has 0 bridgehead atoms. The summed E-state index contributed by atoms with van der Waals surface area (Å²) >= 11 is 0. The summed E-state index contributed by atoms with van der Waals surface area (Å²) in [4.78, 5) is 33.1. The predicted octanol–water partition coefficient (Wildman–Crippen LogP) is 3.69. The molecule has 6 nitrogen and oxygen atoms in total. The summed E-state index contributed by atoms with van der Waals surface area (Å²) in [5.74, 6) is 1.77. The molecular formula is C23H34N4O2. The molecule has 158 valence electrons. The third-order valence-corrected chi connectivity index (χ3v) is 6.77. The van der Waals surface area contributed by atoms with Crippen LogP contribution in [0.1, 0.15) is 74.6 Å². The van der Waals surface area contributed by atoms with E-state index >= 15 is 0 Å². The molecule has 3 heterocycles. The number of pyridine rings is 1. The molecule has 1 aliphatic carbocycles. The first-order chi connectivity index (χ1) is 14.2. The minimum absolute atomic E-state index is 0.0780. The van der Waals surface area contributed by atoms with Gasteiger partial charge in [-0.05, 0) is 50.2 Å². The summed E-state index contributed by atoms with van der Waals surface area (Å²) in [6.07, 6.45) is 13.0. The Kier molecular flexibility index (Phi) is 6.67. The maximum Gasteiger partial charge on any atom is 0.255 e.